The molecule has 1 N–H and O–H groups in total. The van der Waals surface area contributed by atoms with E-state index in [-0.39, 0.29) is 28.7 Å². The molecule has 0 radical (unpaired) electrons. The second-order valence-corrected chi connectivity index (χ2v) is 5.89. The highest BCUT2D eigenvalue weighted by Gasteiger charge is 2.17. The maximum Gasteiger partial charge on any atom is 0.288 e. The number of rotatable bonds is 5. The van der Waals surface area contributed by atoms with Crippen LogP contribution in [0.4, 0.5) is 5.69 Å². The van der Waals surface area contributed by atoms with E-state index in [1.54, 1.807) is 0 Å². The number of nitro benzene ring substituents is 1. The number of nitrogens with one attached hydrogen (secondary N) is 1. The SMILES string of the molecule is Cc1ccc(-c2noc(CNC(=O)c3ccc(Cl)c([N+](=O)[O-])c3)n2)cc1. The third-order valence-electron chi connectivity index (χ3n) is 3.58. The summed E-state index contributed by atoms with van der Waals surface area (Å²) in [5.41, 5.74) is 1.69. The van der Waals surface area contributed by atoms with Crippen LogP contribution in [0.25, 0.3) is 11.4 Å². The lowest BCUT2D eigenvalue weighted by Gasteiger charge is -2.03. The molecule has 0 atom stereocenters. The Balaban J connectivity index is 1.68. The van der Waals surface area contributed by atoms with Gasteiger partial charge in [0.2, 0.25) is 11.7 Å². The Bertz CT molecular complexity index is 969. The van der Waals surface area contributed by atoms with Crippen LogP contribution in [0.3, 0.4) is 0 Å². The Morgan fingerprint density at radius 1 is 1.27 bits per heavy atom. The van der Waals surface area contributed by atoms with Gasteiger partial charge in [0, 0.05) is 17.2 Å². The third kappa shape index (κ3) is 3.86. The summed E-state index contributed by atoms with van der Waals surface area (Å²) < 4.78 is 5.11. The number of aromatic nitrogens is 2. The first-order valence-corrected chi connectivity index (χ1v) is 7.93. The molecule has 1 heterocycles. The molecule has 0 saturated heterocycles. The summed E-state index contributed by atoms with van der Waals surface area (Å²) in [7, 11) is 0. The minimum atomic E-state index is -0.648. The first kappa shape index (κ1) is 17.6. The van der Waals surface area contributed by atoms with Crippen LogP contribution in [-0.4, -0.2) is 21.0 Å². The highest BCUT2D eigenvalue weighted by atomic mass is 35.5. The fourth-order valence-electron chi connectivity index (χ4n) is 2.20. The van der Waals surface area contributed by atoms with E-state index in [2.05, 4.69) is 15.5 Å². The highest BCUT2D eigenvalue weighted by Crippen LogP contribution is 2.25. The molecular formula is C17H13ClN4O4. The second kappa shape index (κ2) is 7.32. The normalized spacial score (nSPS) is 10.5. The number of hydrogen-bond donors (Lipinski definition) is 1. The molecule has 0 unspecified atom stereocenters. The molecule has 0 aliphatic carbocycles. The number of halogens is 1. The number of carbonyl (C=O) groups is 1. The zero-order valence-electron chi connectivity index (χ0n) is 13.6. The summed E-state index contributed by atoms with van der Waals surface area (Å²) in [6.07, 6.45) is 0. The van der Waals surface area contributed by atoms with Crippen molar-refractivity contribution in [3.8, 4) is 11.4 Å². The Morgan fingerprint density at radius 2 is 2.00 bits per heavy atom. The lowest BCUT2D eigenvalue weighted by atomic mass is 10.1. The number of benzene rings is 2. The highest BCUT2D eigenvalue weighted by molar-refractivity contribution is 6.32. The van der Waals surface area contributed by atoms with Crippen LogP contribution in [0.15, 0.2) is 47.0 Å². The topological polar surface area (TPSA) is 111 Å². The van der Waals surface area contributed by atoms with Gasteiger partial charge < -0.3 is 9.84 Å². The van der Waals surface area contributed by atoms with Crippen molar-refractivity contribution in [1.29, 1.82) is 0 Å². The van der Waals surface area contributed by atoms with Crippen molar-refractivity contribution in [2.45, 2.75) is 13.5 Å². The summed E-state index contributed by atoms with van der Waals surface area (Å²) in [6, 6.07) is 11.4. The summed E-state index contributed by atoms with van der Waals surface area (Å²) in [4.78, 5) is 26.6. The first-order chi connectivity index (χ1) is 12.4. The van der Waals surface area contributed by atoms with Crippen LogP contribution in [0.5, 0.6) is 0 Å². The van der Waals surface area contributed by atoms with Gasteiger partial charge in [-0.2, -0.15) is 4.98 Å². The zero-order valence-corrected chi connectivity index (χ0v) is 14.4. The smallest absolute Gasteiger partial charge is 0.288 e. The van der Waals surface area contributed by atoms with Gasteiger partial charge >= 0.3 is 0 Å². The number of amides is 1. The van der Waals surface area contributed by atoms with Gasteiger partial charge in [0.1, 0.15) is 5.02 Å². The second-order valence-electron chi connectivity index (χ2n) is 5.48. The molecule has 3 rings (SSSR count). The Morgan fingerprint density at radius 3 is 2.69 bits per heavy atom. The molecular weight excluding hydrogens is 360 g/mol. The van der Waals surface area contributed by atoms with Crippen LogP contribution >= 0.6 is 11.6 Å². The molecule has 0 aliphatic rings. The number of nitro groups is 1. The van der Waals surface area contributed by atoms with Gasteiger partial charge in [0.15, 0.2) is 0 Å². The molecule has 0 fully saturated rings. The molecule has 0 aliphatic heterocycles. The number of hydrogen-bond acceptors (Lipinski definition) is 6. The van der Waals surface area contributed by atoms with E-state index in [0.717, 1.165) is 17.2 Å². The molecule has 2 aromatic carbocycles. The van der Waals surface area contributed by atoms with Crippen LogP contribution < -0.4 is 5.32 Å². The van der Waals surface area contributed by atoms with Crippen molar-refractivity contribution in [3.05, 3.63) is 74.6 Å². The summed E-state index contributed by atoms with van der Waals surface area (Å²) in [5, 5.41) is 17.3. The molecule has 0 bridgehead atoms. The fourth-order valence-corrected chi connectivity index (χ4v) is 2.38. The van der Waals surface area contributed by atoms with E-state index in [1.807, 2.05) is 31.2 Å². The quantitative estimate of drug-likeness (QED) is 0.541. The molecule has 0 saturated carbocycles. The standard InChI is InChI=1S/C17H13ClN4O4/c1-10-2-4-11(5-3-10)16-20-15(26-21-16)9-19-17(23)12-6-7-13(18)14(8-12)22(24)25/h2-8H,9H2,1H3,(H,19,23). The van der Waals surface area contributed by atoms with Gasteiger partial charge in [0.05, 0.1) is 11.5 Å². The van der Waals surface area contributed by atoms with E-state index < -0.39 is 10.8 Å². The van der Waals surface area contributed by atoms with Gasteiger partial charge in [0.25, 0.3) is 11.6 Å². The lowest BCUT2D eigenvalue weighted by Crippen LogP contribution is -2.23. The van der Waals surface area contributed by atoms with Crippen molar-refractivity contribution in [2.24, 2.45) is 0 Å². The van der Waals surface area contributed by atoms with Crippen LogP contribution in [-0.2, 0) is 6.54 Å². The number of aryl methyl sites for hydroxylation is 1. The molecule has 8 nitrogen and oxygen atoms in total. The molecule has 3 aromatic rings. The summed E-state index contributed by atoms with van der Waals surface area (Å²) in [6.45, 7) is 1.97. The fraction of sp³-hybridized carbons (Fsp3) is 0.118. The van der Waals surface area contributed by atoms with Crippen molar-refractivity contribution in [2.75, 3.05) is 0 Å². The Kier molecular flexibility index (Phi) is 4.94. The van der Waals surface area contributed by atoms with Crippen molar-refractivity contribution in [1.82, 2.24) is 15.5 Å². The lowest BCUT2D eigenvalue weighted by molar-refractivity contribution is -0.384. The van der Waals surface area contributed by atoms with Gasteiger partial charge in [-0.3, -0.25) is 14.9 Å². The number of nitrogens with zero attached hydrogens (tertiary/aromatic N) is 3. The van der Waals surface area contributed by atoms with Crippen LogP contribution in [0, 0.1) is 17.0 Å². The van der Waals surface area contributed by atoms with E-state index in [9.17, 15) is 14.9 Å². The largest absolute Gasteiger partial charge is 0.343 e. The summed E-state index contributed by atoms with van der Waals surface area (Å²) in [5.74, 6) is 0.119. The minimum Gasteiger partial charge on any atom is -0.343 e. The van der Waals surface area contributed by atoms with Crippen LogP contribution in [0.1, 0.15) is 21.8 Å². The van der Waals surface area contributed by atoms with Crippen LogP contribution in [0.2, 0.25) is 5.02 Å². The monoisotopic (exact) mass is 372 g/mol. The van der Waals surface area contributed by atoms with E-state index >= 15 is 0 Å². The predicted molar refractivity (Wildman–Crippen MR) is 93.7 cm³/mol. The molecule has 26 heavy (non-hydrogen) atoms. The van der Waals surface area contributed by atoms with E-state index in [1.165, 1.54) is 12.1 Å². The molecule has 9 heteroatoms. The maximum atomic E-state index is 12.2. The predicted octanol–water partition coefficient (Wildman–Crippen LogP) is 3.54. The molecule has 1 aromatic heterocycles. The Hall–Kier alpha value is -3.26. The van der Waals surface area contributed by atoms with Gasteiger partial charge in [-0.15, -0.1) is 0 Å². The van der Waals surface area contributed by atoms with Crippen molar-refractivity contribution >= 4 is 23.2 Å². The van der Waals surface area contributed by atoms with Gasteiger partial charge in [-0.25, -0.2) is 0 Å². The zero-order chi connectivity index (χ0) is 18.7. The number of carbonyl (C=O) groups excluding carboxylic acids is 1. The maximum absolute atomic E-state index is 12.2. The molecule has 0 spiro atoms. The molecule has 132 valence electrons. The first-order valence-electron chi connectivity index (χ1n) is 7.56. The van der Waals surface area contributed by atoms with Gasteiger partial charge in [-0.1, -0.05) is 46.6 Å². The third-order valence-corrected chi connectivity index (χ3v) is 3.90. The van der Waals surface area contributed by atoms with Crippen molar-refractivity contribution < 1.29 is 14.2 Å². The average molecular weight is 373 g/mol. The molecule has 1 amide bonds. The Labute approximate surface area is 152 Å². The van der Waals surface area contributed by atoms with Crippen molar-refractivity contribution in [3.63, 3.8) is 0 Å². The summed E-state index contributed by atoms with van der Waals surface area (Å²) >= 11 is 5.73. The van der Waals surface area contributed by atoms with Gasteiger partial charge in [-0.05, 0) is 19.1 Å². The minimum absolute atomic E-state index is 0.00583. The van der Waals surface area contributed by atoms with E-state index in [0.29, 0.717) is 5.82 Å². The average Bonchev–Trinajstić information content (AvgIpc) is 3.09. The van der Waals surface area contributed by atoms with E-state index in [4.69, 9.17) is 16.1 Å².